The van der Waals surface area contributed by atoms with Gasteiger partial charge in [-0.05, 0) is 48.4 Å². The second-order valence-corrected chi connectivity index (χ2v) is 5.10. The fourth-order valence-electron chi connectivity index (χ4n) is 2.57. The van der Waals surface area contributed by atoms with Crippen LogP contribution in [-0.4, -0.2) is 28.5 Å². The maximum Gasteiger partial charge on any atom is 0.157 e. The van der Waals surface area contributed by atoms with E-state index in [0.717, 1.165) is 24.1 Å². The number of phenols is 3. The van der Waals surface area contributed by atoms with Crippen LogP contribution in [0, 0.1) is 0 Å². The predicted octanol–water partition coefficient (Wildman–Crippen LogP) is 2.49. The topological polar surface area (TPSA) is 82.0 Å². The molecule has 2 aromatic rings. The molecule has 0 bridgehead atoms. The average molecular weight is 324 g/mol. The van der Waals surface area contributed by atoms with E-state index in [9.17, 15) is 15.3 Å². The smallest absolute Gasteiger partial charge is 0.157 e. The van der Waals surface area contributed by atoms with Gasteiger partial charge in [0.2, 0.25) is 0 Å². The van der Waals surface area contributed by atoms with Crippen molar-refractivity contribution >= 4 is 12.4 Å². The van der Waals surface area contributed by atoms with Crippen LogP contribution in [-0.2, 0) is 6.42 Å². The van der Waals surface area contributed by atoms with Crippen molar-refractivity contribution in [3.05, 3.63) is 47.5 Å². The first-order valence-corrected chi connectivity index (χ1v) is 6.83. The standard InChI is InChI=1S/C16H17NO4.ClH/c18-11-2-1-3-12(7-11)21-9-14-13-8-16(20)15(19)6-10(13)4-5-17-14;/h1-3,6-8,14,17-20H,4-5,9H2;1H. The minimum Gasteiger partial charge on any atom is -0.508 e. The first-order valence-electron chi connectivity index (χ1n) is 6.83. The summed E-state index contributed by atoms with van der Waals surface area (Å²) >= 11 is 0. The van der Waals surface area contributed by atoms with Crippen LogP contribution >= 0.6 is 12.4 Å². The second kappa shape index (κ2) is 6.77. The number of halogens is 1. The summed E-state index contributed by atoms with van der Waals surface area (Å²) < 4.78 is 5.69. The normalized spacial score (nSPS) is 16.5. The summed E-state index contributed by atoms with van der Waals surface area (Å²) in [5.41, 5.74) is 1.94. The van der Waals surface area contributed by atoms with E-state index in [4.69, 9.17) is 4.74 Å². The van der Waals surface area contributed by atoms with Crippen molar-refractivity contribution in [1.82, 2.24) is 5.32 Å². The fraction of sp³-hybridized carbons (Fsp3) is 0.250. The lowest BCUT2D eigenvalue weighted by Gasteiger charge is -2.27. The van der Waals surface area contributed by atoms with E-state index in [1.54, 1.807) is 36.4 Å². The van der Waals surface area contributed by atoms with Gasteiger partial charge in [0.1, 0.15) is 18.1 Å². The fourth-order valence-corrected chi connectivity index (χ4v) is 2.57. The van der Waals surface area contributed by atoms with Crippen molar-refractivity contribution in [1.29, 1.82) is 0 Å². The number of phenolic OH excluding ortho intramolecular Hbond substituents is 3. The van der Waals surface area contributed by atoms with Crippen LogP contribution in [0.4, 0.5) is 0 Å². The Labute approximate surface area is 134 Å². The molecule has 0 saturated heterocycles. The summed E-state index contributed by atoms with van der Waals surface area (Å²) in [5, 5.41) is 32.0. The predicted molar refractivity (Wildman–Crippen MR) is 85.1 cm³/mol. The Kier molecular flexibility index (Phi) is 5.00. The molecule has 0 saturated carbocycles. The minimum atomic E-state index is -0.125. The first kappa shape index (κ1) is 16.3. The van der Waals surface area contributed by atoms with Gasteiger partial charge in [-0.25, -0.2) is 0 Å². The number of rotatable bonds is 3. The second-order valence-electron chi connectivity index (χ2n) is 5.10. The summed E-state index contributed by atoms with van der Waals surface area (Å²) in [6.45, 7) is 1.16. The highest BCUT2D eigenvalue weighted by Gasteiger charge is 2.22. The zero-order valence-corrected chi connectivity index (χ0v) is 12.6. The van der Waals surface area contributed by atoms with Crippen molar-refractivity contribution in [3.8, 4) is 23.0 Å². The minimum absolute atomic E-state index is 0. The highest BCUT2D eigenvalue weighted by Crippen LogP contribution is 2.34. The lowest BCUT2D eigenvalue weighted by Crippen LogP contribution is -2.33. The van der Waals surface area contributed by atoms with Crippen LogP contribution in [0.15, 0.2) is 36.4 Å². The molecule has 0 aliphatic carbocycles. The monoisotopic (exact) mass is 323 g/mol. The molecule has 0 spiro atoms. The van der Waals surface area contributed by atoms with Gasteiger partial charge in [-0.15, -0.1) is 12.4 Å². The number of fused-ring (bicyclic) bond motifs is 1. The third-order valence-corrected chi connectivity index (χ3v) is 3.63. The Morgan fingerprint density at radius 2 is 1.86 bits per heavy atom. The molecule has 0 amide bonds. The van der Waals surface area contributed by atoms with Gasteiger partial charge < -0.3 is 25.4 Å². The lowest BCUT2D eigenvalue weighted by atomic mass is 9.94. The van der Waals surface area contributed by atoms with Crippen LogP contribution in [0.3, 0.4) is 0 Å². The Balaban J connectivity index is 0.00000176. The molecule has 1 unspecified atom stereocenters. The van der Waals surface area contributed by atoms with Gasteiger partial charge in [-0.3, -0.25) is 0 Å². The third-order valence-electron chi connectivity index (χ3n) is 3.63. The Hall–Kier alpha value is -2.11. The van der Waals surface area contributed by atoms with E-state index in [0.29, 0.717) is 12.4 Å². The van der Waals surface area contributed by atoms with Crippen molar-refractivity contribution < 1.29 is 20.1 Å². The Morgan fingerprint density at radius 1 is 1.09 bits per heavy atom. The molecule has 1 aliphatic heterocycles. The zero-order valence-electron chi connectivity index (χ0n) is 11.8. The molecular formula is C16H18ClNO4. The molecule has 4 N–H and O–H groups in total. The van der Waals surface area contributed by atoms with E-state index in [1.165, 1.54) is 0 Å². The number of hydrogen-bond donors (Lipinski definition) is 4. The van der Waals surface area contributed by atoms with Crippen LogP contribution < -0.4 is 10.1 Å². The summed E-state index contributed by atoms with van der Waals surface area (Å²) in [7, 11) is 0. The van der Waals surface area contributed by atoms with Gasteiger partial charge >= 0.3 is 0 Å². The number of hydrogen-bond acceptors (Lipinski definition) is 5. The highest BCUT2D eigenvalue weighted by molar-refractivity contribution is 5.85. The van der Waals surface area contributed by atoms with Gasteiger partial charge in [0.05, 0.1) is 6.04 Å². The summed E-state index contributed by atoms with van der Waals surface area (Å²) in [4.78, 5) is 0. The summed E-state index contributed by atoms with van der Waals surface area (Å²) in [6, 6.07) is 9.75. The van der Waals surface area contributed by atoms with E-state index in [1.807, 2.05) is 0 Å². The number of benzene rings is 2. The molecule has 6 heteroatoms. The molecule has 1 aliphatic rings. The SMILES string of the molecule is Cl.Oc1cccc(OCC2NCCc3cc(O)c(O)cc32)c1. The molecule has 0 radical (unpaired) electrons. The van der Waals surface area contributed by atoms with Gasteiger partial charge in [0.15, 0.2) is 11.5 Å². The molecule has 1 heterocycles. The van der Waals surface area contributed by atoms with Crippen molar-refractivity contribution in [3.63, 3.8) is 0 Å². The van der Waals surface area contributed by atoms with Crippen molar-refractivity contribution in [2.75, 3.05) is 13.2 Å². The van der Waals surface area contributed by atoms with E-state index < -0.39 is 0 Å². The quantitative estimate of drug-likeness (QED) is 0.652. The average Bonchev–Trinajstić information content (AvgIpc) is 2.46. The Bertz CT molecular complexity index is 663. The van der Waals surface area contributed by atoms with Crippen LogP contribution in [0.25, 0.3) is 0 Å². The van der Waals surface area contributed by atoms with Gasteiger partial charge in [-0.1, -0.05) is 6.07 Å². The van der Waals surface area contributed by atoms with Crippen molar-refractivity contribution in [2.45, 2.75) is 12.5 Å². The van der Waals surface area contributed by atoms with Crippen LogP contribution in [0.1, 0.15) is 17.2 Å². The molecule has 0 fully saturated rings. The molecule has 3 rings (SSSR count). The number of aromatic hydroxyl groups is 3. The van der Waals surface area contributed by atoms with E-state index in [2.05, 4.69) is 5.32 Å². The van der Waals surface area contributed by atoms with Gasteiger partial charge in [0.25, 0.3) is 0 Å². The number of nitrogens with one attached hydrogen (secondary N) is 1. The molecule has 22 heavy (non-hydrogen) atoms. The molecular weight excluding hydrogens is 306 g/mol. The molecule has 118 valence electrons. The van der Waals surface area contributed by atoms with Crippen LogP contribution in [0.5, 0.6) is 23.0 Å². The van der Waals surface area contributed by atoms with Gasteiger partial charge in [-0.2, -0.15) is 0 Å². The van der Waals surface area contributed by atoms with Crippen LogP contribution in [0.2, 0.25) is 0 Å². The maximum absolute atomic E-state index is 9.66. The number of ether oxygens (including phenoxy) is 1. The van der Waals surface area contributed by atoms with Crippen molar-refractivity contribution in [2.24, 2.45) is 0 Å². The molecule has 0 aromatic heterocycles. The first-order chi connectivity index (χ1) is 10.1. The van der Waals surface area contributed by atoms with Gasteiger partial charge in [0, 0.05) is 6.07 Å². The molecule has 2 aromatic carbocycles. The highest BCUT2D eigenvalue weighted by atomic mass is 35.5. The Morgan fingerprint density at radius 3 is 2.64 bits per heavy atom. The summed E-state index contributed by atoms with van der Waals surface area (Å²) in [6.07, 6.45) is 0.797. The largest absolute Gasteiger partial charge is 0.508 e. The lowest BCUT2D eigenvalue weighted by molar-refractivity contribution is 0.259. The van der Waals surface area contributed by atoms with E-state index >= 15 is 0 Å². The molecule has 5 nitrogen and oxygen atoms in total. The maximum atomic E-state index is 9.66. The van der Waals surface area contributed by atoms with E-state index in [-0.39, 0.29) is 35.7 Å². The molecule has 1 atom stereocenters. The summed E-state index contributed by atoms with van der Waals surface area (Å²) in [5.74, 6) is 0.530. The third kappa shape index (κ3) is 3.37. The zero-order chi connectivity index (χ0) is 14.8.